The Bertz CT molecular complexity index is 3490. The summed E-state index contributed by atoms with van der Waals surface area (Å²) in [4.78, 5) is 0. The number of halogens is 25. The number of thiophene rings is 2. The zero-order valence-corrected chi connectivity index (χ0v) is 60.0. The highest BCUT2D eigenvalue weighted by Gasteiger charge is 2.47. The lowest BCUT2D eigenvalue weighted by atomic mass is 9.12. The Morgan fingerprint density at radius 1 is 0.269 bits per heavy atom. The molecule has 0 radical (unpaired) electrons. The number of aryl methyl sites for hydroxylation is 2. The van der Waals surface area contributed by atoms with E-state index in [1.54, 1.807) is 5.77 Å². The van der Waals surface area contributed by atoms with Crippen LogP contribution in [0.4, 0.5) is 105 Å². The second-order valence-corrected chi connectivity index (χ2v) is 31.9. The van der Waals surface area contributed by atoms with Crippen LogP contribution in [0.5, 0.6) is 0 Å². The lowest BCUT2D eigenvalue weighted by Crippen LogP contribution is -3.61. The molecule has 0 spiro atoms. The highest BCUT2D eigenvalue weighted by Crippen LogP contribution is 2.42. The standard InChI is InChI=1S/C44H62IS2.C32H12BF24/c1-3-5-7-9-11-13-15-17-19-21-27-37-29-23-25-31-41(37)39-33-43(46-35-39)45-44-34-40(36-47-44)42-32-26-24-30-38(42)28-22-20-18-16-14-12-10-8-6-4-2;34-25(35,36)13-1-14(26(37,38)39)6-21(5-13)33(22-7-15(27(40,41)42)2-16(8-22)28(43,44)45,23-9-17(29(46,47)48)3-18(10-23)30(49,50)51)24-11-19(31(52,53)54)4-20(12-24)32(55,56)57/h23-26,29-36H,3-22,27-28H2,1-2H3;1-12H/q+1;-1. The fourth-order valence-corrected chi connectivity index (χ4v) is 18.6. The van der Waals surface area contributed by atoms with Crippen LogP contribution in [0, 0.1) is 5.77 Å². The third-order valence-corrected chi connectivity index (χ3v) is 23.7. The molecule has 2 heterocycles. The average molecular weight is 1650 g/mol. The first-order chi connectivity index (χ1) is 48.5. The van der Waals surface area contributed by atoms with E-state index in [0.29, 0.717) is 0 Å². The molecule has 0 aliphatic rings. The van der Waals surface area contributed by atoms with Gasteiger partial charge in [0.15, 0.2) is 0 Å². The van der Waals surface area contributed by atoms with Crippen LogP contribution < -0.4 is 43.1 Å². The van der Waals surface area contributed by atoms with E-state index in [1.807, 2.05) is 22.7 Å². The second kappa shape index (κ2) is 36.2. The Balaban J connectivity index is 0.000000296. The van der Waals surface area contributed by atoms with Crippen molar-refractivity contribution in [2.75, 3.05) is 0 Å². The SMILES string of the molecule is CCCCCCCCCCCCc1ccccc1-c1csc([I+]c2cc(-c3ccccc3CCCCCCCCCCCC)cs2)c1.FC(F)(F)c1cc([B-](c2cc(C(F)(F)F)cc(C(F)(F)F)c2)(c2cc(C(F)(F)F)cc(C(F)(F)F)c2)c2cc(C(F)(F)F)cc(C(F)(F)F)c2)cc(C(F)(F)F)c1. The number of hydrogen-bond donors (Lipinski definition) is 0. The Labute approximate surface area is 606 Å². The molecule has 2 aromatic heterocycles. The maximum absolute atomic E-state index is 14.2. The minimum Gasteiger partial charge on any atom is -0.194 e. The molecule has 28 heteroatoms. The van der Waals surface area contributed by atoms with Gasteiger partial charge in [-0.05, 0) is 83.3 Å². The third-order valence-electron chi connectivity index (χ3n) is 18.0. The summed E-state index contributed by atoms with van der Waals surface area (Å²) in [6, 6.07) is 14.6. The highest BCUT2D eigenvalue weighted by molar-refractivity contribution is 7.20. The topological polar surface area (TPSA) is 0 Å². The summed E-state index contributed by atoms with van der Waals surface area (Å²) in [5, 5.41) is 4.84. The minimum absolute atomic E-state index is 0.149. The molecule has 0 saturated carbocycles. The smallest absolute Gasteiger partial charge is 0.194 e. The second-order valence-electron chi connectivity index (χ2n) is 25.8. The molecule has 0 amide bonds. The van der Waals surface area contributed by atoms with E-state index in [1.165, 1.54) is 175 Å². The molecule has 6 aromatic carbocycles. The van der Waals surface area contributed by atoms with Gasteiger partial charge in [0.2, 0.25) is 5.77 Å². The Hall–Kier alpha value is -6.17. The largest absolute Gasteiger partial charge is 0.416 e. The minimum atomic E-state index is -6.13. The van der Waals surface area contributed by atoms with Crippen molar-refractivity contribution in [2.45, 2.75) is 205 Å². The molecular formula is C76H74BF24IS2. The van der Waals surface area contributed by atoms with Gasteiger partial charge in [-0.3, -0.25) is 0 Å². The van der Waals surface area contributed by atoms with Crippen molar-refractivity contribution < 1.29 is 127 Å². The van der Waals surface area contributed by atoms with E-state index in [9.17, 15) is 105 Å². The lowest BCUT2D eigenvalue weighted by molar-refractivity contribution is -0.584. The first-order valence-electron chi connectivity index (χ1n) is 33.9. The van der Waals surface area contributed by atoms with E-state index in [2.05, 4.69) is 85.3 Å². The Morgan fingerprint density at radius 2 is 0.481 bits per heavy atom. The van der Waals surface area contributed by atoms with E-state index < -0.39 is 195 Å². The number of rotatable bonds is 30. The maximum atomic E-state index is 14.2. The fraction of sp³-hybridized carbons (Fsp3) is 0.421. The van der Waals surface area contributed by atoms with Crippen LogP contribution in [0.2, 0.25) is 0 Å². The maximum Gasteiger partial charge on any atom is 0.416 e. The fourth-order valence-electron chi connectivity index (χ4n) is 12.8. The first-order valence-corrected chi connectivity index (χ1v) is 37.8. The molecule has 0 aliphatic heterocycles. The van der Waals surface area contributed by atoms with Crippen LogP contribution in [0.3, 0.4) is 0 Å². The molecule has 0 aliphatic carbocycles. The Kier molecular flexibility index (Phi) is 29.6. The first kappa shape index (κ1) is 85.1. The lowest BCUT2D eigenvalue weighted by Gasteiger charge is -2.46. The van der Waals surface area contributed by atoms with Crippen molar-refractivity contribution in [2.24, 2.45) is 0 Å². The molecule has 8 aromatic rings. The third kappa shape index (κ3) is 23.9. The van der Waals surface area contributed by atoms with Crippen LogP contribution in [0.25, 0.3) is 22.3 Å². The summed E-state index contributed by atoms with van der Waals surface area (Å²) in [6.45, 7) is 4.60. The molecule has 0 nitrogen and oxygen atoms in total. The van der Waals surface area contributed by atoms with Crippen LogP contribution in [0.15, 0.2) is 144 Å². The van der Waals surface area contributed by atoms with Gasteiger partial charge in [-0.25, -0.2) is 0 Å². The zero-order chi connectivity index (χ0) is 76.7. The van der Waals surface area contributed by atoms with Gasteiger partial charge in [0, 0.05) is 22.9 Å². The van der Waals surface area contributed by atoms with Crippen molar-refractivity contribution >= 4 is 50.7 Å². The molecule has 0 bridgehead atoms. The summed E-state index contributed by atoms with van der Waals surface area (Å²) in [6.07, 6.45) is -24.4. The van der Waals surface area contributed by atoms with Gasteiger partial charge in [0.05, 0.1) is 44.5 Å². The quantitative estimate of drug-likeness (QED) is 0.0182. The van der Waals surface area contributed by atoms with Crippen molar-refractivity contribution in [3.63, 3.8) is 0 Å². The average Bonchev–Trinajstić information content (AvgIpc) is 0.997. The zero-order valence-electron chi connectivity index (χ0n) is 56.3. The van der Waals surface area contributed by atoms with Crippen molar-refractivity contribution in [3.8, 4) is 22.3 Å². The van der Waals surface area contributed by atoms with E-state index in [0.717, 1.165) is 0 Å². The van der Waals surface area contributed by atoms with Gasteiger partial charge in [0.25, 0.3) is 0 Å². The van der Waals surface area contributed by atoms with Gasteiger partial charge < -0.3 is 0 Å². The summed E-state index contributed by atoms with van der Waals surface area (Å²) in [5.74, 6) is 0. The molecule has 8 rings (SSSR count). The number of hydrogen-bond acceptors (Lipinski definition) is 2. The molecule has 0 fully saturated rings. The molecule has 104 heavy (non-hydrogen) atoms. The van der Waals surface area contributed by atoms with Crippen LogP contribution in [-0.4, -0.2) is 6.15 Å². The van der Waals surface area contributed by atoms with E-state index in [4.69, 9.17) is 0 Å². The predicted molar refractivity (Wildman–Crippen MR) is 358 cm³/mol. The summed E-state index contributed by atoms with van der Waals surface area (Å²) < 4.78 is 344. The van der Waals surface area contributed by atoms with Crippen LogP contribution >= 0.6 is 22.7 Å². The van der Waals surface area contributed by atoms with Crippen LogP contribution in [0.1, 0.15) is 198 Å². The number of benzene rings is 6. The summed E-state index contributed by atoms with van der Waals surface area (Å²) in [7, 11) is 0. The van der Waals surface area contributed by atoms with E-state index >= 15 is 0 Å². The monoisotopic (exact) mass is 1640 g/mol. The van der Waals surface area contributed by atoms with Crippen molar-refractivity contribution in [1.82, 2.24) is 0 Å². The molecular weight excluding hydrogens is 1570 g/mol. The highest BCUT2D eigenvalue weighted by atomic mass is 127. The van der Waals surface area contributed by atoms with Gasteiger partial charge in [0.1, 0.15) is 6.15 Å². The van der Waals surface area contributed by atoms with Crippen LogP contribution in [-0.2, 0) is 62.3 Å². The normalized spacial score (nSPS) is 13.0. The summed E-state index contributed by atoms with van der Waals surface area (Å²) in [5.41, 5.74) is -21.3. The molecule has 568 valence electrons. The molecule has 0 unspecified atom stereocenters. The predicted octanol–water partition coefficient (Wildman–Crippen LogP) is 23.4. The van der Waals surface area contributed by atoms with Crippen molar-refractivity contribution in [3.05, 3.63) is 206 Å². The summed E-state index contributed by atoms with van der Waals surface area (Å²) >= 11 is 3.81. The van der Waals surface area contributed by atoms with Gasteiger partial charge in [-0.1, -0.05) is 249 Å². The van der Waals surface area contributed by atoms with Gasteiger partial charge in [-0.15, -0.1) is 0 Å². The van der Waals surface area contributed by atoms with Crippen molar-refractivity contribution in [1.29, 1.82) is 0 Å². The van der Waals surface area contributed by atoms with Gasteiger partial charge in [-0.2, -0.15) is 127 Å². The van der Waals surface area contributed by atoms with Gasteiger partial charge >= 0.3 is 70.6 Å². The number of alkyl halides is 24. The molecule has 0 atom stereocenters. The Morgan fingerprint density at radius 3 is 0.702 bits per heavy atom. The molecule has 0 saturated heterocycles. The number of unbranched alkanes of at least 4 members (excludes halogenated alkanes) is 18. The molecule has 0 N–H and O–H groups in total. The van der Waals surface area contributed by atoms with E-state index in [-0.39, 0.29) is 21.2 Å².